The summed E-state index contributed by atoms with van der Waals surface area (Å²) in [7, 11) is 1.45. The lowest BCUT2D eigenvalue weighted by atomic mass is 10.1. The number of aryl methyl sites for hydroxylation is 1. The molecule has 1 heterocycles. The average Bonchev–Trinajstić information content (AvgIpc) is 3.00. The van der Waals surface area contributed by atoms with E-state index >= 15 is 0 Å². The number of rotatable bonds is 8. The van der Waals surface area contributed by atoms with E-state index in [-0.39, 0.29) is 40.8 Å². The minimum Gasteiger partial charge on any atom is -0.482 e. The van der Waals surface area contributed by atoms with Gasteiger partial charge in [0.15, 0.2) is 6.61 Å². The highest BCUT2D eigenvalue weighted by molar-refractivity contribution is 7.18. The molecule has 28 heavy (non-hydrogen) atoms. The molecule has 0 fully saturated rings. The van der Waals surface area contributed by atoms with Crippen LogP contribution in [0.4, 0.5) is 5.00 Å². The highest BCUT2D eigenvalue weighted by Gasteiger charge is 2.27. The summed E-state index contributed by atoms with van der Waals surface area (Å²) >= 11 is 0.934. The number of carbonyl (C=O) groups excluding carboxylic acids is 3. The number of anilines is 1. The van der Waals surface area contributed by atoms with Gasteiger partial charge in [0.25, 0.3) is 5.91 Å². The van der Waals surface area contributed by atoms with Gasteiger partial charge in [0.1, 0.15) is 27.8 Å². The fourth-order valence-corrected chi connectivity index (χ4v) is 3.40. The molecule has 0 aliphatic rings. The number of nitrogens with one attached hydrogen (secondary N) is 1. The molecule has 1 aromatic heterocycles. The van der Waals surface area contributed by atoms with Crippen molar-refractivity contribution in [2.75, 3.05) is 26.0 Å². The van der Waals surface area contributed by atoms with Crippen LogP contribution in [0, 0.1) is 6.92 Å². The molecule has 0 saturated carbocycles. The highest BCUT2D eigenvalue weighted by atomic mass is 32.1. The molecule has 0 spiro atoms. The third kappa shape index (κ3) is 5.23. The Morgan fingerprint density at radius 3 is 2.61 bits per heavy atom. The van der Waals surface area contributed by atoms with Crippen LogP contribution in [0.2, 0.25) is 0 Å². The maximum Gasteiger partial charge on any atom is 0.344 e. The molecule has 3 N–H and O–H groups in total. The Morgan fingerprint density at radius 2 is 1.96 bits per heavy atom. The number of carbonyl (C=O) groups is 3. The van der Waals surface area contributed by atoms with Crippen molar-refractivity contribution in [1.29, 1.82) is 0 Å². The SMILES string of the molecule is CCOC(=O)c1c(N)sc(C(=O)NC)c1COC(=O)COc1cccc(C)c1. The van der Waals surface area contributed by atoms with Crippen LogP contribution in [0.3, 0.4) is 0 Å². The van der Waals surface area contributed by atoms with Gasteiger partial charge in [0.05, 0.1) is 6.61 Å². The molecular weight excluding hydrogens is 384 g/mol. The number of hydrogen-bond donors (Lipinski definition) is 2. The van der Waals surface area contributed by atoms with Gasteiger partial charge in [-0.3, -0.25) is 4.79 Å². The Bertz CT molecular complexity index is 877. The molecule has 2 aromatic rings. The van der Waals surface area contributed by atoms with Crippen LogP contribution in [0.1, 0.15) is 38.1 Å². The minimum atomic E-state index is -0.673. The van der Waals surface area contributed by atoms with Crippen LogP contribution >= 0.6 is 11.3 Å². The summed E-state index contributed by atoms with van der Waals surface area (Å²) in [4.78, 5) is 36.5. The van der Waals surface area contributed by atoms with E-state index in [9.17, 15) is 14.4 Å². The molecule has 0 unspecified atom stereocenters. The summed E-state index contributed by atoms with van der Waals surface area (Å²) in [5.41, 5.74) is 7.14. The first-order valence-electron chi connectivity index (χ1n) is 8.52. The van der Waals surface area contributed by atoms with Gasteiger partial charge >= 0.3 is 11.9 Å². The van der Waals surface area contributed by atoms with Crippen LogP contribution in [0.15, 0.2) is 24.3 Å². The first-order valence-corrected chi connectivity index (χ1v) is 9.34. The molecule has 150 valence electrons. The molecule has 0 atom stereocenters. The van der Waals surface area contributed by atoms with E-state index in [4.69, 9.17) is 19.9 Å². The van der Waals surface area contributed by atoms with Gasteiger partial charge in [-0.2, -0.15) is 0 Å². The van der Waals surface area contributed by atoms with Crippen LogP contribution in [0.25, 0.3) is 0 Å². The molecule has 0 bridgehead atoms. The summed E-state index contributed by atoms with van der Waals surface area (Å²) in [6.07, 6.45) is 0. The van der Waals surface area contributed by atoms with E-state index in [0.717, 1.165) is 16.9 Å². The lowest BCUT2D eigenvalue weighted by Gasteiger charge is -2.10. The van der Waals surface area contributed by atoms with Crippen molar-refractivity contribution >= 4 is 34.2 Å². The maximum atomic E-state index is 12.2. The molecule has 2 rings (SSSR count). The van der Waals surface area contributed by atoms with Gasteiger partial charge in [-0.25, -0.2) is 9.59 Å². The first-order chi connectivity index (χ1) is 13.4. The van der Waals surface area contributed by atoms with Crippen LogP contribution in [0.5, 0.6) is 5.75 Å². The predicted octanol–water partition coefficient (Wildman–Crippen LogP) is 2.30. The molecule has 1 aromatic carbocycles. The largest absolute Gasteiger partial charge is 0.482 e. The fraction of sp³-hybridized carbons (Fsp3) is 0.316. The second-order valence-electron chi connectivity index (χ2n) is 5.71. The van der Waals surface area contributed by atoms with Crippen molar-refractivity contribution in [1.82, 2.24) is 5.32 Å². The zero-order valence-corrected chi connectivity index (χ0v) is 16.7. The zero-order chi connectivity index (χ0) is 20.7. The van der Waals surface area contributed by atoms with E-state index in [2.05, 4.69) is 5.32 Å². The van der Waals surface area contributed by atoms with Gasteiger partial charge in [0, 0.05) is 12.6 Å². The molecule has 0 radical (unpaired) electrons. The number of hydrogen-bond acceptors (Lipinski definition) is 8. The summed E-state index contributed by atoms with van der Waals surface area (Å²) in [6, 6.07) is 7.23. The molecule has 0 saturated heterocycles. The smallest absolute Gasteiger partial charge is 0.344 e. The zero-order valence-electron chi connectivity index (χ0n) is 15.9. The van der Waals surface area contributed by atoms with Crippen molar-refractivity contribution in [3.63, 3.8) is 0 Å². The summed E-state index contributed by atoms with van der Waals surface area (Å²) in [6.45, 7) is 3.09. The second-order valence-corrected chi connectivity index (χ2v) is 6.77. The monoisotopic (exact) mass is 406 g/mol. The molecule has 0 aliphatic heterocycles. The van der Waals surface area contributed by atoms with Gasteiger partial charge in [-0.1, -0.05) is 12.1 Å². The Morgan fingerprint density at radius 1 is 1.21 bits per heavy atom. The lowest BCUT2D eigenvalue weighted by Crippen LogP contribution is -2.21. The first kappa shape index (κ1) is 21.2. The standard InChI is InChI=1S/C19H22N2O6S/c1-4-25-19(24)15-13(16(18(23)21-3)28-17(15)20)9-27-14(22)10-26-12-7-5-6-11(2)8-12/h5-8H,4,9-10,20H2,1-3H3,(H,21,23). The summed E-state index contributed by atoms with van der Waals surface area (Å²) in [5.74, 6) is -1.22. The second kappa shape index (κ2) is 9.75. The van der Waals surface area contributed by atoms with E-state index < -0.39 is 17.8 Å². The van der Waals surface area contributed by atoms with Gasteiger partial charge in [0.2, 0.25) is 0 Å². The number of thiophene rings is 1. The van der Waals surface area contributed by atoms with Crippen LogP contribution in [-0.2, 0) is 20.9 Å². The number of nitrogen functional groups attached to an aromatic ring is 1. The quantitative estimate of drug-likeness (QED) is 0.646. The fourth-order valence-electron chi connectivity index (χ4n) is 2.39. The summed E-state index contributed by atoms with van der Waals surface area (Å²) < 4.78 is 15.6. The number of benzene rings is 1. The molecule has 9 heteroatoms. The average molecular weight is 406 g/mol. The topological polar surface area (TPSA) is 117 Å². The maximum absolute atomic E-state index is 12.2. The Kier molecular flexibility index (Phi) is 7.39. The minimum absolute atomic E-state index is 0.0397. The van der Waals surface area contributed by atoms with Gasteiger partial charge < -0.3 is 25.3 Å². The highest BCUT2D eigenvalue weighted by Crippen LogP contribution is 2.32. The molecule has 0 aliphatic carbocycles. The third-order valence-corrected chi connectivity index (χ3v) is 4.73. The van der Waals surface area contributed by atoms with E-state index in [1.54, 1.807) is 19.1 Å². The molecular formula is C19H22N2O6S. The number of nitrogens with two attached hydrogens (primary N) is 1. The van der Waals surface area contributed by atoms with Crippen LogP contribution in [-0.4, -0.2) is 38.1 Å². The Labute approximate surface area is 166 Å². The normalized spacial score (nSPS) is 10.2. The van der Waals surface area contributed by atoms with Gasteiger partial charge in [-0.05, 0) is 31.5 Å². The number of ether oxygens (including phenoxy) is 3. The van der Waals surface area contributed by atoms with Gasteiger partial charge in [-0.15, -0.1) is 11.3 Å². The summed E-state index contributed by atoms with van der Waals surface area (Å²) in [5, 5.41) is 2.60. The Balaban J connectivity index is 2.11. The van der Waals surface area contributed by atoms with Crippen molar-refractivity contribution in [2.24, 2.45) is 0 Å². The third-order valence-electron chi connectivity index (χ3n) is 3.67. The lowest BCUT2D eigenvalue weighted by molar-refractivity contribution is -0.147. The van der Waals surface area contributed by atoms with E-state index in [1.165, 1.54) is 7.05 Å². The van der Waals surface area contributed by atoms with Crippen molar-refractivity contribution in [3.8, 4) is 5.75 Å². The molecule has 8 nitrogen and oxygen atoms in total. The Hall–Kier alpha value is -3.07. The van der Waals surface area contributed by atoms with E-state index in [1.807, 2.05) is 19.1 Å². The van der Waals surface area contributed by atoms with Crippen molar-refractivity contribution in [2.45, 2.75) is 20.5 Å². The predicted molar refractivity (Wildman–Crippen MR) is 105 cm³/mol. The number of esters is 2. The van der Waals surface area contributed by atoms with Crippen LogP contribution < -0.4 is 15.8 Å². The van der Waals surface area contributed by atoms with E-state index in [0.29, 0.717) is 5.75 Å². The number of amides is 1. The van der Waals surface area contributed by atoms with Crippen molar-refractivity contribution < 1.29 is 28.6 Å². The van der Waals surface area contributed by atoms with Crippen molar-refractivity contribution in [3.05, 3.63) is 45.8 Å². The molecule has 1 amide bonds.